The molecule has 0 aromatic carbocycles. The lowest BCUT2D eigenvalue weighted by Crippen LogP contribution is -2.57. The molecule has 11 nitrogen and oxygen atoms in total. The van der Waals surface area contributed by atoms with Gasteiger partial charge in [0.15, 0.2) is 0 Å². The van der Waals surface area contributed by atoms with E-state index in [-0.39, 0.29) is 18.9 Å². The average Bonchev–Trinajstić information content (AvgIpc) is 2.54. The Balaban J connectivity index is 5.08. The zero-order valence-electron chi connectivity index (χ0n) is 17.7. The third-order valence-corrected chi connectivity index (χ3v) is 4.02. The summed E-state index contributed by atoms with van der Waals surface area (Å²) in [5.74, 6) is -1.61. The molecule has 0 aliphatic heterocycles. The van der Waals surface area contributed by atoms with Crippen LogP contribution >= 0.6 is 11.8 Å². The summed E-state index contributed by atoms with van der Waals surface area (Å²) in [4.78, 5) is 38.9. The summed E-state index contributed by atoms with van der Waals surface area (Å²) >= 11 is 1.28. The van der Waals surface area contributed by atoms with Crippen molar-refractivity contribution in [3.8, 4) is 0 Å². The van der Waals surface area contributed by atoms with Crippen LogP contribution in [0.15, 0.2) is 5.11 Å². The first-order chi connectivity index (χ1) is 13.2. The van der Waals surface area contributed by atoms with Crippen molar-refractivity contribution in [3.05, 3.63) is 0 Å². The Morgan fingerprint density at radius 2 is 1.72 bits per heavy atom. The largest absolute Gasteiger partial charge is 0.548 e. The number of carboxylic acids is 1. The van der Waals surface area contributed by atoms with E-state index in [0.29, 0.717) is 5.75 Å². The van der Waals surface area contributed by atoms with Crippen molar-refractivity contribution in [2.75, 3.05) is 24.7 Å². The Kier molecular flexibility index (Phi) is 11.5. The normalized spacial score (nSPS) is 13.6. The molecule has 12 heteroatoms. The second-order valence-corrected chi connectivity index (χ2v) is 9.19. The molecule has 0 radical (unpaired) electrons. The quantitative estimate of drug-likeness (QED) is 0.238. The first-order valence-corrected chi connectivity index (χ1v) is 10.2. The maximum atomic E-state index is 12.6. The highest BCUT2D eigenvalue weighted by atomic mass is 32.2. The number of carbonyl (C=O) groups excluding carboxylic acids is 3. The van der Waals surface area contributed by atoms with E-state index in [1.54, 1.807) is 41.5 Å². The topological polar surface area (TPSA) is 167 Å². The summed E-state index contributed by atoms with van der Waals surface area (Å²) in [6, 6.07) is -2.44. The molecule has 0 spiro atoms. The van der Waals surface area contributed by atoms with Crippen molar-refractivity contribution in [1.29, 1.82) is 5.53 Å². The van der Waals surface area contributed by atoms with Gasteiger partial charge in [-0.3, -0.25) is 4.79 Å². The minimum atomic E-state index is -1.50. The summed E-state index contributed by atoms with van der Waals surface area (Å²) in [6.45, 7) is 10.3. The molecule has 0 aromatic heterocycles. The smallest absolute Gasteiger partial charge is 0.408 e. The Hall–Kier alpha value is -2.17. The van der Waals surface area contributed by atoms with Crippen LogP contribution in [0.2, 0.25) is 0 Å². The Labute approximate surface area is 174 Å². The Bertz CT molecular complexity index is 610. The molecule has 3 N–H and O–H groups in total. The number of hydrogen-bond donors (Lipinski definition) is 3. The molecule has 0 fully saturated rings. The van der Waals surface area contributed by atoms with Gasteiger partial charge in [0.1, 0.15) is 28.8 Å². The number of ether oxygens (including phenoxy) is 2. The Morgan fingerprint density at radius 1 is 1.10 bits per heavy atom. The standard InChI is InChI=1S/C17H31N5O6S/c1-16(2,3)27-9-11(14(24)25)20-13(23)12(10-29-8-7-19-22-18)21-15(26)28-17(4,5)6/h11-12,18H,7-10H2,1-6H3,(H2-,20,21,23,24,25,26). The molecule has 0 saturated carbocycles. The van der Waals surface area contributed by atoms with E-state index in [9.17, 15) is 19.5 Å². The fourth-order valence-corrected chi connectivity index (χ4v) is 2.61. The maximum Gasteiger partial charge on any atom is 0.408 e. The molecule has 166 valence electrons. The molecule has 0 bridgehead atoms. The number of rotatable bonds is 11. The monoisotopic (exact) mass is 433 g/mol. The molecule has 0 saturated heterocycles. The van der Waals surface area contributed by atoms with Gasteiger partial charge < -0.3 is 30.0 Å². The SMILES string of the molecule is CC(C)(C)OCC(NC(=O)C(CSCCN=[N+]=N)NC(=O)OC(C)(C)C)C(=O)[O-]. The lowest BCUT2D eigenvalue weighted by Gasteiger charge is -2.28. The molecular weight excluding hydrogens is 402 g/mol. The average molecular weight is 434 g/mol. The van der Waals surface area contributed by atoms with E-state index in [1.165, 1.54) is 11.8 Å². The second-order valence-electron chi connectivity index (χ2n) is 8.04. The molecular formula is C17H31N5O6S. The van der Waals surface area contributed by atoms with Crippen LogP contribution in [0.3, 0.4) is 0 Å². The van der Waals surface area contributed by atoms with E-state index in [2.05, 4.69) is 20.7 Å². The first kappa shape index (κ1) is 26.8. The van der Waals surface area contributed by atoms with Crippen LogP contribution in [-0.4, -0.2) is 65.9 Å². The van der Waals surface area contributed by atoms with Gasteiger partial charge >= 0.3 is 6.09 Å². The number of carbonyl (C=O) groups is 3. The van der Waals surface area contributed by atoms with Gasteiger partial charge in [-0.05, 0) is 41.5 Å². The van der Waals surface area contributed by atoms with Gasteiger partial charge in [-0.1, -0.05) is 0 Å². The summed E-state index contributed by atoms with van der Waals surface area (Å²) in [5.41, 5.74) is 5.24. The van der Waals surface area contributed by atoms with Crippen LogP contribution in [0.1, 0.15) is 41.5 Å². The van der Waals surface area contributed by atoms with Crippen molar-refractivity contribution in [1.82, 2.24) is 15.5 Å². The fraction of sp³-hybridized carbons (Fsp3) is 0.824. The molecule has 0 heterocycles. The van der Waals surface area contributed by atoms with E-state index in [0.717, 1.165) is 0 Å². The van der Waals surface area contributed by atoms with Gasteiger partial charge in [0.2, 0.25) is 10.8 Å². The third kappa shape index (κ3) is 14.5. The molecule has 0 aromatic rings. The first-order valence-electron chi connectivity index (χ1n) is 9.01. The van der Waals surface area contributed by atoms with Crippen molar-refractivity contribution in [2.45, 2.75) is 64.8 Å². The molecule has 29 heavy (non-hydrogen) atoms. The molecule has 2 atom stereocenters. The van der Waals surface area contributed by atoms with Gasteiger partial charge in [-0.15, -0.1) is 0 Å². The third-order valence-electron chi connectivity index (χ3n) is 2.98. The summed E-state index contributed by atoms with van der Waals surface area (Å²) < 4.78 is 10.6. The van der Waals surface area contributed by atoms with Gasteiger partial charge in [-0.25, -0.2) is 4.79 Å². The lowest BCUT2D eigenvalue weighted by atomic mass is 10.2. The van der Waals surface area contributed by atoms with Crippen molar-refractivity contribution in [2.24, 2.45) is 5.11 Å². The predicted molar refractivity (Wildman–Crippen MR) is 105 cm³/mol. The van der Waals surface area contributed by atoms with E-state index >= 15 is 0 Å². The predicted octanol–water partition coefficient (Wildman–Crippen LogP) is 0.213. The van der Waals surface area contributed by atoms with Crippen LogP contribution in [0, 0.1) is 5.53 Å². The van der Waals surface area contributed by atoms with Crippen molar-refractivity contribution >= 4 is 29.7 Å². The highest BCUT2D eigenvalue weighted by Crippen LogP contribution is 2.10. The van der Waals surface area contributed by atoms with Crippen molar-refractivity contribution < 1.29 is 29.0 Å². The summed E-state index contributed by atoms with van der Waals surface area (Å²) in [7, 11) is 0. The molecule has 2 amide bonds. The number of hydrogen-bond acceptors (Lipinski definition) is 9. The number of amides is 2. The zero-order chi connectivity index (χ0) is 22.7. The number of nitrogens with zero attached hydrogens (tertiary/aromatic N) is 2. The number of thioether (sulfide) groups is 1. The molecule has 2 unspecified atom stereocenters. The maximum absolute atomic E-state index is 12.6. The highest BCUT2D eigenvalue weighted by molar-refractivity contribution is 7.99. The van der Waals surface area contributed by atoms with Gasteiger partial charge in [0.05, 0.1) is 24.2 Å². The van der Waals surface area contributed by atoms with Gasteiger partial charge in [0.25, 0.3) is 0 Å². The Morgan fingerprint density at radius 3 is 2.21 bits per heavy atom. The van der Waals surface area contributed by atoms with Crippen LogP contribution in [0.5, 0.6) is 0 Å². The van der Waals surface area contributed by atoms with Gasteiger partial charge in [0, 0.05) is 11.5 Å². The zero-order valence-corrected chi connectivity index (χ0v) is 18.6. The molecule has 0 aliphatic rings. The minimum absolute atomic E-state index is 0.137. The second kappa shape index (κ2) is 12.4. The van der Waals surface area contributed by atoms with Crippen LogP contribution in [0.4, 0.5) is 4.79 Å². The number of nitrogens with one attached hydrogen (secondary N) is 3. The van der Waals surface area contributed by atoms with E-state index < -0.39 is 41.3 Å². The minimum Gasteiger partial charge on any atom is -0.548 e. The summed E-state index contributed by atoms with van der Waals surface area (Å²) in [6.07, 6.45) is -0.806. The summed E-state index contributed by atoms with van der Waals surface area (Å²) in [5, 5.41) is 19.6. The molecule has 0 aliphatic carbocycles. The van der Waals surface area contributed by atoms with Gasteiger partial charge in [-0.2, -0.15) is 11.8 Å². The highest BCUT2D eigenvalue weighted by Gasteiger charge is 2.27. The number of alkyl carbamates (subject to hydrolysis) is 1. The van der Waals surface area contributed by atoms with Crippen LogP contribution in [-0.2, 0) is 19.1 Å². The van der Waals surface area contributed by atoms with Crippen LogP contribution in [0.25, 0.3) is 0 Å². The molecule has 0 rings (SSSR count). The van der Waals surface area contributed by atoms with Crippen LogP contribution < -0.4 is 20.7 Å². The fourth-order valence-electron chi connectivity index (χ4n) is 1.76. The number of aliphatic carboxylic acids is 1. The number of carboxylic acid groups (broad SMARTS) is 1. The van der Waals surface area contributed by atoms with E-state index in [1.807, 2.05) is 0 Å². The van der Waals surface area contributed by atoms with E-state index in [4.69, 9.17) is 15.0 Å². The lowest BCUT2D eigenvalue weighted by molar-refractivity contribution is -0.309. The van der Waals surface area contributed by atoms with Crippen molar-refractivity contribution in [3.63, 3.8) is 0 Å².